The maximum Gasteiger partial charge on any atom is 0.287 e. The largest absolute Gasteiger partial charge is 0.459 e. The van der Waals surface area contributed by atoms with Crippen LogP contribution >= 0.6 is 0 Å². The first kappa shape index (κ1) is 18.2. The second-order valence-electron chi connectivity index (χ2n) is 5.49. The van der Waals surface area contributed by atoms with Crippen LogP contribution in [0.4, 0.5) is 0 Å². The molecule has 0 saturated heterocycles. The fraction of sp³-hybridized carbons (Fsp3) is 0.625. The molecule has 0 spiro atoms. The van der Waals surface area contributed by atoms with Crippen LogP contribution < -0.4 is 10.6 Å². The van der Waals surface area contributed by atoms with E-state index in [-0.39, 0.29) is 23.5 Å². The highest BCUT2D eigenvalue weighted by atomic mass is 16.3. The first-order chi connectivity index (χ1) is 10.5. The van der Waals surface area contributed by atoms with E-state index in [1.807, 2.05) is 13.8 Å². The Bertz CT molecular complexity index is 453. The molecule has 1 atom stereocenters. The number of amides is 2. The van der Waals surface area contributed by atoms with Crippen LogP contribution in [0.15, 0.2) is 22.8 Å². The maximum absolute atomic E-state index is 12.3. The van der Waals surface area contributed by atoms with Gasteiger partial charge in [0.25, 0.3) is 5.91 Å². The van der Waals surface area contributed by atoms with Gasteiger partial charge in [0.05, 0.1) is 6.26 Å². The highest BCUT2D eigenvalue weighted by Crippen LogP contribution is 2.05. The Morgan fingerprint density at radius 1 is 1.27 bits per heavy atom. The number of hydrogen-bond acceptors (Lipinski definition) is 4. The molecule has 0 aromatic carbocycles. The third kappa shape index (κ3) is 5.52. The molecule has 0 bridgehead atoms. The fourth-order valence-corrected chi connectivity index (χ4v) is 2.14. The van der Waals surface area contributed by atoms with Crippen molar-refractivity contribution in [1.82, 2.24) is 15.5 Å². The van der Waals surface area contributed by atoms with Gasteiger partial charge < -0.3 is 20.0 Å². The third-order valence-corrected chi connectivity index (χ3v) is 3.60. The summed E-state index contributed by atoms with van der Waals surface area (Å²) in [6.45, 7) is 11.3. The predicted octanol–water partition coefficient (Wildman–Crippen LogP) is 1.49. The highest BCUT2D eigenvalue weighted by molar-refractivity contribution is 5.95. The summed E-state index contributed by atoms with van der Waals surface area (Å²) in [5.74, 6) is -0.335. The average molecular weight is 309 g/mol. The van der Waals surface area contributed by atoms with Crippen molar-refractivity contribution in [2.45, 2.75) is 33.7 Å². The van der Waals surface area contributed by atoms with Crippen LogP contribution in [-0.4, -0.2) is 48.9 Å². The van der Waals surface area contributed by atoms with Gasteiger partial charge in [-0.3, -0.25) is 9.59 Å². The molecule has 2 N–H and O–H groups in total. The number of hydrogen-bond donors (Lipinski definition) is 2. The Labute approximate surface area is 132 Å². The van der Waals surface area contributed by atoms with Gasteiger partial charge in [0.1, 0.15) is 6.04 Å². The Kier molecular flexibility index (Phi) is 7.66. The molecule has 0 radical (unpaired) electrons. The normalized spacial score (nSPS) is 12.5. The number of nitrogens with one attached hydrogen (secondary N) is 2. The summed E-state index contributed by atoms with van der Waals surface area (Å²) in [5, 5.41) is 5.61. The molecule has 1 heterocycles. The van der Waals surface area contributed by atoms with Crippen molar-refractivity contribution < 1.29 is 14.0 Å². The van der Waals surface area contributed by atoms with Crippen molar-refractivity contribution in [2.75, 3.05) is 26.2 Å². The molecule has 6 heteroatoms. The van der Waals surface area contributed by atoms with E-state index < -0.39 is 6.04 Å². The van der Waals surface area contributed by atoms with E-state index in [1.165, 1.54) is 6.26 Å². The molecule has 2 amide bonds. The van der Waals surface area contributed by atoms with Crippen molar-refractivity contribution in [3.8, 4) is 0 Å². The molecule has 6 nitrogen and oxygen atoms in total. The Morgan fingerprint density at radius 3 is 2.45 bits per heavy atom. The lowest BCUT2D eigenvalue weighted by molar-refractivity contribution is -0.124. The first-order valence-electron chi connectivity index (χ1n) is 7.84. The number of carbonyl (C=O) groups is 2. The standard InChI is InChI=1S/C16H27N3O3/c1-5-19(6-2)10-9-17-16(21)14(12(3)4)18-15(20)13-8-7-11-22-13/h7-8,11-12,14H,5-6,9-10H2,1-4H3,(H,17,21)(H,18,20). The van der Waals surface area contributed by atoms with E-state index in [1.54, 1.807) is 12.1 Å². The smallest absolute Gasteiger partial charge is 0.287 e. The summed E-state index contributed by atoms with van der Waals surface area (Å²) in [6.07, 6.45) is 1.43. The minimum atomic E-state index is -0.575. The lowest BCUT2D eigenvalue weighted by atomic mass is 10.0. The number of likely N-dealkylation sites (N-methyl/N-ethyl adjacent to an activating group) is 1. The van der Waals surface area contributed by atoms with Crippen LogP contribution in [-0.2, 0) is 4.79 Å². The zero-order valence-corrected chi connectivity index (χ0v) is 13.9. The highest BCUT2D eigenvalue weighted by Gasteiger charge is 2.25. The monoisotopic (exact) mass is 309 g/mol. The van der Waals surface area contributed by atoms with Gasteiger partial charge in [-0.25, -0.2) is 0 Å². The zero-order chi connectivity index (χ0) is 16.5. The SMILES string of the molecule is CCN(CC)CCNC(=O)C(NC(=O)c1ccco1)C(C)C. The van der Waals surface area contributed by atoms with Crippen molar-refractivity contribution in [2.24, 2.45) is 5.92 Å². The lowest BCUT2D eigenvalue weighted by Crippen LogP contribution is -2.50. The molecule has 0 fully saturated rings. The summed E-state index contributed by atoms with van der Waals surface area (Å²) in [7, 11) is 0. The van der Waals surface area contributed by atoms with E-state index in [0.29, 0.717) is 6.54 Å². The average Bonchev–Trinajstić information content (AvgIpc) is 3.02. The van der Waals surface area contributed by atoms with Crippen LogP contribution in [0.3, 0.4) is 0 Å². The molecule has 1 aromatic heterocycles. The molecule has 0 aliphatic rings. The van der Waals surface area contributed by atoms with E-state index in [4.69, 9.17) is 4.42 Å². The molecule has 0 aliphatic heterocycles. The van der Waals surface area contributed by atoms with E-state index in [2.05, 4.69) is 29.4 Å². The molecular formula is C16H27N3O3. The van der Waals surface area contributed by atoms with Gasteiger partial charge >= 0.3 is 0 Å². The first-order valence-corrected chi connectivity index (χ1v) is 7.84. The second-order valence-corrected chi connectivity index (χ2v) is 5.49. The third-order valence-electron chi connectivity index (χ3n) is 3.60. The molecule has 0 saturated carbocycles. The topological polar surface area (TPSA) is 74.6 Å². The summed E-state index contributed by atoms with van der Waals surface area (Å²) in [4.78, 5) is 26.5. The molecule has 22 heavy (non-hydrogen) atoms. The van der Waals surface area contributed by atoms with Gasteiger partial charge in [0.15, 0.2) is 5.76 Å². The van der Waals surface area contributed by atoms with Crippen molar-refractivity contribution in [3.63, 3.8) is 0 Å². The van der Waals surface area contributed by atoms with E-state index in [0.717, 1.165) is 19.6 Å². The van der Waals surface area contributed by atoms with Crippen LogP contribution in [0.2, 0.25) is 0 Å². The Balaban J connectivity index is 2.51. The van der Waals surface area contributed by atoms with Crippen LogP contribution in [0.5, 0.6) is 0 Å². The van der Waals surface area contributed by atoms with Gasteiger partial charge in [-0.05, 0) is 31.1 Å². The van der Waals surface area contributed by atoms with Crippen LogP contribution in [0, 0.1) is 5.92 Å². The lowest BCUT2D eigenvalue weighted by Gasteiger charge is -2.23. The molecule has 1 unspecified atom stereocenters. The van der Waals surface area contributed by atoms with Gasteiger partial charge in [0.2, 0.25) is 5.91 Å². The number of furan rings is 1. The molecule has 124 valence electrons. The van der Waals surface area contributed by atoms with Crippen molar-refractivity contribution >= 4 is 11.8 Å². The summed E-state index contributed by atoms with van der Waals surface area (Å²) >= 11 is 0. The number of carbonyl (C=O) groups excluding carboxylic acids is 2. The molecule has 1 rings (SSSR count). The van der Waals surface area contributed by atoms with Crippen molar-refractivity contribution in [1.29, 1.82) is 0 Å². The van der Waals surface area contributed by atoms with Gasteiger partial charge in [-0.1, -0.05) is 27.7 Å². The second kappa shape index (κ2) is 9.25. The molecule has 1 aromatic rings. The minimum absolute atomic E-state index is 0.00707. The van der Waals surface area contributed by atoms with Crippen LogP contribution in [0.25, 0.3) is 0 Å². The van der Waals surface area contributed by atoms with Gasteiger partial charge in [-0.2, -0.15) is 0 Å². The summed E-state index contributed by atoms with van der Waals surface area (Å²) in [6, 6.07) is 2.64. The molecule has 0 aliphatic carbocycles. The van der Waals surface area contributed by atoms with Crippen LogP contribution in [0.1, 0.15) is 38.2 Å². The Hall–Kier alpha value is -1.82. The predicted molar refractivity (Wildman–Crippen MR) is 85.6 cm³/mol. The van der Waals surface area contributed by atoms with Crippen molar-refractivity contribution in [3.05, 3.63) is 24.2 Å². The number of nitrogens with zero attached hydrogens (tertiary/aromatic N) is 1. The quantitative estimate of drug-likeness (QED) is 0.725. The fourth-order valence-electron chi connectivity index (χ4n) is 2.14. The zero-order valence-electron chi connectivity index (χ0n) is 13.9. The number of rotatable bonds is 9. The van der Waals surface area contributed by atoms with E-state index in [9.17, 15) is 9.59 Å². The van der Waals surface area contributed by atoms with Gasteiger partial charge in [0, 0.05) is 13.1 Å². The van der Waals surface area contributed by atoms with E-state index >= 15 is 0 Å². The minimum Gasteiger partial charge on any atom is -0.459 e. The van der Waals surface area contributed by atoms with Gasteiger partial charge in [-0.15, -0.1) is 0 Å². The maximum atomic E-state index is 12.3. The Morgan fingerprint density at radius 2 is 1.95 bits per heavy atom. The summed E-state index contributed by atoms with van der Waals surface area (Å²) < 4.78 is 5.05. The summed E-state index contributed by atoms with van der Waals surface area (Å²) in [5.41, 5.74) is 0. The molecular weight excluding hydrogens is 282 g/mol.